The number of carbonyl (C=O) groups excluding carboxylic acids is 1. The third-order valence-corrected chi connectivity index (χ3v) is 5.68. The van der Waals surface area contributed by atoms with E-state index in [9.17, 15) is 13.2 Å². The molecule has 2 atom stereocenters. The molecule has 0 radical (unpaired) electrons. The summed E-state index contributed by atoms with van der Waals surface area (Å²) in [6.07, 6.45) is 2.62. The molecule has 1 amide bonds. The van der Waals surface area contributed by atoms with Crippen molar-refractivity contribution >= 4 is 33.0 Å². The second-order valence-electron chi connectivity index (χ2n) is 5.18. The van der Waals surface area contributed by atoms with Gasteiger partial charge in [0.15, 0.2) is 9.84 Å². The molecule has 1 aromatic carbocycles. The Balaban J connectivity index is 2.40. The normalized spacial score (nSPS) is 26.4. The standard InChI is InChI=1S/C13H17ClN2O3S/c1-20(18,19)11-3-2-8-13(11,12(15)17)16-10-6-4-9(14)5-7-10/h4-7,11,16H,2-3,8H2,1H3,(H2,15,17). The lowest BCUT2D eigenvalue weighted by Crippen LogP contribution is -2.58. The van der Waals surface area contributed by atoms with E-state index in [1.165, 1.54) is 0 Å². The van der Waals surface area contributed by atoms with Crippen LogP contribution >= 0.6 is 11.6 Å². The van der Waals surface area contributed by atoms with Gasteiger partial charge in [-0.3, -0.25) is 4.79 Å². The Labute approximate surface area is 123 Å². The van der Waals surface area contributed by atoms with E-state index in [2.05, 4.69) is 5.32 Å². The summed E-state index contributed by atoms with van der Waals surface area (Å²) in [5.41, 5.74) is 4.89. The smallest absolute Gasteiger partial charge is 0.244 e. The van der Waals surface area contributed by atoms with Gasteiger partial charge in [-0.05, 0) is 43.5 Å². The second kappa shape index (κ2) is 5.26. The first-order valence-electron chi connectivity index (χ1n) is 6.28. The summed E-state index contributed by atoms with van der Waals surface area (Å²) in [7, 11) is -3.37. The molecule has 5 nitrogen and oxygen atoms in total. The number of benzene rings is 1. The molecule has 7 heteroatoms. The maximum atomic E-state index is 11.9. The molecule has 1 saturated carbocycles. The number of amides is 1. The highest BCUT2D eigenvalue weighted by Gasteiger charge is 2.52. The van der Waals surface area contributed by atoms with Crippen molar-refractivity contribution in [2.45, 2.75) is 30.1 Å². The van der Waals surface area contributed by atoms with Crippen molar-refractivity contribution < 1.29 is 13.2 Å². The third-order valence-electron chi connectivity index (χ3n) is 3.76. The van der Waals surface area contributed by atoms with E-state index in [0.29, 0.717) is 30.0 Å². The average Bonchev–Trinajstić information content (AvgIpc) is 2.77. The second-order valence-corrected chi connectivity index (χ2v) is 7.84. The quantitative estimate of drug-likeness (QED) is 0.882. The summed E-state index contributed by atoms with van der Waals surface area (Å²) in [5.74, 6) is -0.639. The highest BCUT2D eigenvalue weighted by atomic mass is 35.5. The fourth-order valence-electron chi connectivity index (χ4n) is 2.83. The van der Waals surface area contributed by atoms with Gasteiger partial charge >= 0.3 is 0 Å². The average molecular weight is 317 g/mol. The van der Waals surface area contributed by atoms with Gasteiger partial charge in [-0.2, -0.15) is 0 Å². The number of primary amides is 1. The van der Waals surface area contributed by atoms with E-state index in [0.717, 1.165) is 6.26 Å². The summed E-state index contributed by atoms with van der Waals surface area (Å²) < 4.78 is 23.9. The van der Waals surface area contributed by atoms with Crippen molar-refractivity contribution in [3.63, 3.8) is 0 Å². The van der Waals surface area contributed by atoms with Crippen LogP contribution in [0, 0.1) is 0 Å². The molecule has 0 aromatic heterocycles. The number of carbonyl (C=O) groups is 1. The lowest BCUT2D eigenvalue weighted by atomic mass is 9.95. The first-order valence-corrected chi connectivity index (χ1v) is 8.61. The van der Waals surface area contributed by atoms with Gasteiger partial charge < -0.3 is 11.1 Å². The molecule has 0 bridgehead atoms. The fraction of sp³-hybridized carbons (Fsp3) is 0.462. The van der Waals surface area contributed by atoms with E-state index in [-0.39, 0.29) is 0 Å². The Morgan fingerprint density at radius 1 is 1.40 bits per heavy atom. The van der Waals surface area contributed by atoms with Gasteiger partial charge in [-0.25, -0.2) is 8.42 Å². The van der Waals surface area contributed by atoms with Crippen molar-refractivity contribution in [3.05, 3.63) is 29.3 Å². The topological polar surface area (TPSA) is 89.3 Å². The first kappa shape index (κ1) is 15.1. The number of nitrogens with two attached hydrogens (primary N) is 1. The zero-order valence-corrected chi connectivity index (χ0v) is 12.7. The van der Waals surface area contributed by atoms with E-state index < -0.39 is 26.5 Å². The molecular formula is C13H17ClN2O3S. The molecule has 0 spiro atoms. The van der Waals surface area contributed by atoms with Crippen LogP contribution in [0.5, 0.6) is 0 Å². The summed E-state index contributed by atoms with van der Waals surface area (Å²) in [6, 6.07) is 6.74. The number of hydrogen-bond donors (Lipinski definition) is 2. The van der Waals surface area contributed by atoms with Crippen LogP contribution in [-0.2, 0) is 14.6 Å². The maximum absolute atomic E-state index is 11.9. The van der Waals surface area contributed by atoms with Crippen LogP contribution in [-0.4, -0.2) is 31.4 Å². The van der Waals surface area contributed by atoms with Crippen molar-refractivity contribution in [2.75, 3.05) is 11.6 Å². The van der Waals surface area contributed by atoms with Gasteiger partial charge in [0.2, 0.25) is 5.91 Å². The van der Waals surface area contributed by atoms with Crippen LogP contribution in [0.4, 0.5) is 5.69 Å². The van der Waals surface area contributed by atoms with Crippen LogP contribution in [0.2, 0.25) is 5.02 Å². The van der Waals surface area contributed by atoms with Crippen LogP contribution in [0.3, 0.4) is 0 Å². The molecule has 1 aromatic rings. The lowest BCUT2D eigenvalue weighted by Gasteiger charge is -2.33. The number of hydrogen-bond acceptors (Lipinski definition) is 4. The lowest BCUT2D eigenvalue weighted by molar-refractivity contribution is -0.122. The molecule has 2 unspecified atom stereocenters. The fourth-order valence-corrected chi connectivity index (χ4v) is 4.58. The Kier molecular flexibility index (Phi) is 3.97. The van der Waals surface area contributed by atoms with Crippen LogP contribution < -0.4 is 11.1 Å². The van der Waals surface area contributed by atoms with E-state index in [1.54, 1.807) is 24.3 Å². The minimum atomic E-state index is -3.37. The molecule has 1 fully saturated rings. The van der Waals surface area contributed by atoms with Gasteiger partial charge in [0, 0.05) is 17.0 Å². The van der Waals surface area contributed by atoms with E-state index >= 15 is 0 Å². The predicted octanol–water partition coefficient (Wildman–Crippen LogP) is 1.57. The molecule has 1 aliphatic carbocycles. The molecule has 0 saturated heterocycles. The first-order chi connectivity index (χ1) is 9.25. The van der Waals surface area contributed by atoms with Crippen molar-refractivity contribution in [1.82, 2.24) is 0 Å². The Morgan fingerprint density at radius 3 is 2.50 bits per heavy atom. The molecule has 0 heterocycles. The Morgan fingerprint density at radius 2 is 2.00 bits per heavy atom. The minimum Gasteiger partial charge on any atom is -0.370 e. The van der Waals surface area contributed by atoms with Gasteiger partial charge in [-0.1, -0.05) is 11.6 Å². The Hall–Kier alpha value is -1.27. The van der Waals surface area contributed by atoms with Crippen LogP contribution in [0.1, 0.15) is 19.3 Å². The molecular weight excluding hydrogens is 300 g/mol. The van der Waals surface area contributed by atoms with Gasteiger partial charge in [0.25, 0.3) is 0 Å². The summed E-state index contributed by atoms with van der Waals surface area (Å²) in [4.78, 5) is 11.9. The van der Waals surface area contributed by atoms with Crippen molar-refractivity contribution in [3.8, 4) is 0 Å². The Bertz CT molecular complexity index is 615. The SMILES string of the molecule is CS(=O)(=O)C1CCCC1(Nc1ccc(Cl)cc1)C(N)=O. The molecule has 0 aliphatic heterocycles. The molecule has 110 valence electrons. The highest BCUT2D eigenvalue weighted by Crippen LogP contribution is 2.37. The third kappa shape index (κ3) is 2.76. The summed E-state index contributed by atoms with van der Waals surface area (Å²) in [5, 5.41) is 2.79. The summed E-state index contributed by atoms with van der Waals surface area (Å²) in [6.45, 7) is 0. The largest absolute Gasteiger partial charge is 0.370 e. The zero-order valence-electron chi connectivity index (χ0n) is 11.1. The zero-order chi connectivity index (χ0) is 15.0. The number of halogens is 1. The van der Waals surface area contributed by atoms with Gasteiger partial charge in [-0.15, -0.1) is 0 Å². The molecule has 1 aliphatic rings. The molecule has 2 rings (SSSR count). The molecule has 20 heavy (non-hydrogen) atoms. The van der Waals surface area contributed by atoms with Gasteiger partial charge in [0.05, 0.1) is 5.25 Å². The number of sulfone groups is 1. The van der Waals surface area contributed by atoms with Crippen LogP contribution in [0.15, 0.2) is 24.3 Å². The van der Waals surface area contributed by atoms with E-state index in [4.69, 9.17) is 17.3 Å². The predicted molar refractivity (Wildman–Crippen MR) is 79.5 cm³/mol. The van der Waals surface area contributed by atoms with E-state index in [1.807, 2.05) is 0 Å². The maximum Gasteiger partial charge on any atom is 0.244 e. The number of anilines is 1. The van der Waals surface area contributed by atoms with Crippen molar-refractivity contribution in [2.24, 2.45) is 5.73 Å². The monoisotopic (exact) mass is 316 g/mol. The minimum absolute atomic E-state index is 0.405. The van der Waals surface area contributed by atoms with Crippen LogP contribution in [0.25, 0.3) is 0 Å². The number of rotatable bonds is 4. The highest BCUT2D eigenvalue weighted by molar-refractivity contribution is 7.91. The summed E-state index contributed by atoms with van der Waals surface area (Å²) >= 11 is 5.81. The molecule has 3 N–H and O–H groups in total. The van der Waals surface area contributed by atoms with Crippen molar-refractivity contribution in [1.29, 1.82) is 0 Å². The van der Waals surface area contributed by atoms with Gasteiger partial charge in [0.1, 0.15) is 5.54 Å². The number of nitrogens with one attached hydrogen (secondary N) is 1.